The number of benzene rings is 2. The zero-order chi connectivity index (χ0) is 22.6. The van der Waals surface area contributed by atoms with Gasteiger partial charge in [0.15, 0.2) is 17.5 Å². The topological polar surface area (TPSA) is 72.7 Å². The molecule has 0 aliphatic carbocycles. The van der Waals surface area contributed by atoms with Crippen LogP contribution in [0.1, 0.15) is 31.7 Å². The van der Waals surface area contributed by atoms with E-state index in [0.29, 0.717) is 30.6 Å². The summed E-state index contributed by atoms with van der Waals surface area (Å²) in [7, 11) is 1.64. The summed E-state index contributed by atoms with van der Waals surface area (Å²) >= 11 is 0. The van der Waals surface area contributed by atoms with Gasteiger partial charge in [-0.05, 0) is 44.4 Å². The predicted octanol–water partition coefficient (Wildman–Crippen LogP) is 4.50. The maximum atomic E-state index is 5.68. The molecule has 0 amide bonds. The summed E-state index contributed by atoms with van der Waals surface area (Å²) in [4.78, 5) is 9.24. The van der Waals surface area contributed by atoms with Crippen molar-refractivity contribution < 1.29 is 9.47 Å². The SMILES string of the molecule is CCNC(=NCc1nccn1CCCc1ccccc1)Nc1ccc(OC)c(OCC)c1. The van der Waals surface area contributed by atoms with Crippen molar-refractivity contribution in [2.45, 2.75) is 39.8 Å². The van der Waals surface area contributed by atoms with Gasteiger partial charge in [-0.2, -0.15) is 0 Å². The van der Waals surface area contributed by atoms with Gasteiger partial charge in [0.2, 0.25) is 0 Å². The molecule has 3 aromatic rings. The molecule has 170 valence electrons. The Balaban J connectivity index is 1.63. The van der Waals surface area contributed by atoms with Crippen LogP contribution in [0.15, 0.2) is 65.9 Å². The van der Waals surface area contributed by atoms with Crippen molar-refractivity contribution in [2.24, 2.45) is 4.99 Å². The standard InChI is InChI=1S/C25H33N5O2/c1-4-26-25(29-21-13-14-22(31-3)23(18-21)32-5-2)28-19-24-27-15-17-30(24)16-9-12-20-10-7-6-8-11-20/h6-8,10-11,13-15,17-18H,4-5,9,12,16,19H2,1-3H3,(H2,26,28,29). The van der Waals surface area contributed by atoms with Gasteiger partial charge in [-0.1, -0.05) is 30.3 Å². The van der Waals surface area contributed by atoms with Crippen LogP contribution < -0.4 is 20.1 Å². The smallest absolute Gasteiger partial charge is 0.196 e. The number of nitrogens with zero attached hydrogens (tertiary/aromatic N) is 3. The van der Waals surface area contributed by atoms with Crippen LogP contribution in [0.2, 0.25) is 0 Å². The van der Waals surface area contributed by atoms with Gasteiger partial charge in [-0.3, -0.25) is 0 Å². The van der Waals surface area contributed by atoms with Gasteiger partial charge < -0.3 is 24.7 Å². The van der Waals surface area contributed by atoms with Crippen molar-refractivity contribution in [3.63, 3.8) is 0 Å². The Kier molecular flexibility index (Phi) is 8.98. The number of nitrogens with one attached hydrogen (secondary N) is 2. The molecular weight excluding hydrogens is 402 g/mol. The molecule has 1 heterocycles. The second-order valence-electron chi connectivity index (χ2n) is 7.24. The second-order valence-corrected chi connectivity index (χ2v) is 7.24. The summed E-state index contributed by atoms with van der Waals surface area (Å²) < 4.78 is 13.2. The number of aryl methyl sites for hydroxylation is 2. The van der Waals surface area contributed by atoms with Crippen molar-refractivity contribution in [1.29, 1.82) is 0 Å². The van der Waals surface area contributed by atoms with E-state index in [1.165, 1.54) is 5.56 Å². The summed E-state index contributed by atoms with van der Waals surface area (Å²) in [5.41, 5.74) is 2.23. The van der Waals surface area contributed by atoms with Gasteiger partial charge in [-0.25, -0.2) is 9.98 Å². The lowest BCUT2D eigenvalue weighted by molar-refractivity contribution is 0.311. The van der Waals surface area contributed by atoms with E-state index < -0.39 is 0 Å². The van der Waals surface area contributed by atoms with Crippen molar-refractivity contribution in [1.82, 2.24) is 14.9 Å². The first-order valence-electron chi connectivity index (χ1n) is 11.1. The largest absolute Gasteiger partial charge is 0.493 e. The van der Waals surface area contributed by atoms with Gasteiger partial charge >= 0.3 is 0 Å². The first-order chi connectivity index (χ1) is 15.7. The van der Waals surface area contributed by atoms with Crippen LogP contribution in [0.25, 0.3) is 0 Å². The molecule has 2 N–H and O–H groups in total. The van der Waals surface area contributed by atoms with E-state index in [1.54, 1.807) is 7.11 Å². The van der Waals surface area contributed by atoms with Gasteiger partial charge in [-0.15, -0.1) is 0 Å². The van der Waals surface area contributed by atoms with E-state index in [-0.39, 0.29) is 0 Å². The fourth-order valence-electron chi connectivity index (χ4n) is 3.41. The quantitative estimate of drug-likeness (QED) is 0.343. The van der Waals surface area contributed by atoms with Gasteiger partial charge in [0.1, 0.15) is 12.4 Å². The van der Waals surface area contributed by atoms with Crippen molar-refractivity contribution in [2.75, 3.05) is 25.6 Å². The van der Waals surface area contributed by atoms with Crippen LogP contribution in [0, 0.1) is 0 Å². The Morgan fingerprint density at radius 3 is 2.69 bits per heavy atom. The molecule has 0 aliphatic rings. The number of guanidine groups is 1. The predicted molar refractivity (Wildman–Crippen MR) is 130 cm³/mol. The molecule has 0 fully saturated rings. The number of hydrogen-bond acceptors (Lipinski definition) is 4. The van der Waals surface area contributed by atoms with Crippen LogP contribution in [0.3, 0.4) is 0 Å². The number of aromatic nitrogens is 2. The molecule has 1 aromatic heterocycles. The van der Waals surface area contributed by atoms with Gasteiger partial charge in [0.25, 0.3) is 0 Å². The highest BCUT2D eigenvalue weighted by atomic mass is 16.5. The normalized spacial score (nSPS) is 11.3. The van der Waals surface area contributed by atoms with E-state index in [4.69, 9.17) is 14.5 Å². The van der Waals surface area contributed by atoms with Crippen molar-refractivity contribution >= 4 is 11.6 Å². The molecule has 0 spiro atoms. The molecule has 0 bridgehead atoms. The Bertz CT molecular complexity index is 985. The zero-order valence-electron chi connectivity index (χ0n) is 19.2. The third-order valence-corrected chi connectivity index (χ3v) is 4.96. The molecular formula is C25H33N5O2. The van der Waals surface area contributed by atoms with E-state index >= 15 is 0 Å². The molecule has 2 aromatic carbocycles. The summed E-state index contributed by atoms with van der Waals surface area (Å²) in [6.45, 7) is 6.73. The number of imidazole rings is 1. The van der Waals surface area contributed by atoms with E-state index in [1.807, 2.05) is 44.4 Å². The minimum atomic E-state index is 0.488. The minimum Gasteiger partial charge on any atom is -0.493 e. The average molecular weight is 436 g/mol. The van der Waals surface area contributed by atoms with Gasteiger partial charge in [0.05, 0.1) is 13.7 Å². The number of methoxy groups -OCH3 is 1. The highest BCUT2D eigenvalue weighted by molar-refractivity contribution is 5.93. The van der Waals surface area contributed by atoms with Crippen LogP contribution in [-0.4, -0.2) is 35.8 Å². The number of anilines is 1. The lowest BCUT2D eigenvalue weighted by Crippen LogP contribution is -2.30. The molecule has 7 nitrogen and oxygen atoms in total. The first-order valence-corrected chi connectivity index (χ1v) is 11.1. The lowest BCUT2D eigenvalue weighted by Gasteiger charge is -2.14. The van der Waals surface area contributed by atoms with Crippen LogP contribution in [0.5, 0.6) is 11.5 Å². The average Bonchev–Trinajstić information content (AvgIpc) is 3.26. The molecule has 0 aliphatic heterocycles. The third kappa shape index (κ3) is 6.77. The highest BCUT2D eigenvalue weighted by Gasteiger charge is 2.08. The lowest BCUT2D eigenvalue weighted by atomic mass is 10.1. The fraction of sp³-hybridized carbons (Fsp3) is 0.360. The van der Waals surface area contributed by atoms with Crippen LogP contribution in [-0.2, 0) is 19.5 Å². The number of aliphatic imine (C=N–C) groups is 1. The van der Waals surface area contributed by atoms with Crippen molar-refractivity contribution in [3.05, 3.63) is 72.3 Å². The summed E-state index contributed by atoms with van der Waals surface area (Å²) in [6.07, 6.45) is 5.96. The number of ether oxygens (including phenoxy) is 2. The minimum absolute atomic E-state index is 0.488. The molecule has 0 saturated heterocycles. The Morgan fingerprint density at radius 2 is 1.94 bits per heavy atom. The maximum Gasteiger partial charge on any atom is 0.196 e. The molecule has 0 unspecified atom stereocenters. The second kappa shape index (κ2) is 12.4. The molecule has 7 heteroatoms. The summed E-state index contributed by atoms with van der Waals surface area (Å²) in [5.74, 6) is 3.04. The van der Waals surface area contributed by atoms with E-state index in [2.05, 4.69) is 50.5 Å². The fourth-order valence-corrected chi connectivity index (χ4v) is 3.41. The van der Waals surface area contributed by atoms with Crippen LogP contribution >= 0.6 is 0 Å². The van der Waals surface area contributed by atoms with E-state index in [9.17, 15) is 0 Å². The maximum absolute atomic E-state index is 5.68. The summed E-state index contributed by atoms with van der Waals surface area (Å²) in [5, 5.41) is 6.63. The van der Waals surface area contributed by atoms with Crippen molar-refractivity contribution in [3.8, 4) is 11.5 Å². The molecule has 0 atom stereocenters. The number of hydrogen-bond donors (Lipinski definition) is 2. The van der Waals surface area contributed by atoms with E-state index in [0.717, 1.165) is 37.4 Å². The molecule has 3 rings (SSSR count). The van der Waals surface area contributed by atoms with Crippen LogP contribution in [0.4, 0.5) is 5.69 Å². The Morgan fingerprint density at radius 1 is 1.09 bits per heavy atom. The Labute approximate surface area is 190 Å². The summed E-state index contributed by atoms with van der Waals surface area (Å²) in [6, 6.07) is 16.3. The monoisotopic (exact) mass is 435 g/mol. The Hall–Kier alpha value is -3.48. The third-order valence-electron chi connectivity index (χ3n) is 4.96. The number of rotatable bonds is 11. The molecule has 32 heavy (non-hydrogen) atoms. The first kappa shape index (κ1) is 23.2. The molecule has 0 saturated carbocycles. The highest BCUT2D eigenvalue weighted by Crippen LogP contribution is 2.30. The molecule has 0 radical (unpaired) electrons. The zero-order valence-corrected chi connectivity index (χ0v) is 19.2. The van der Waals surface area contributed by atoms with Gasteiger partial charge in [0, 0.05) is 37.2 Å².